The van der Waals surface area contributed by atoms with E-state index in [4.69, 9.17) is 11.5 Å². The molecule has 2 fully saturated rings. The molecule has 242 valence electrons. The molecule has 11 nitrogen and oxygen atoms in total. The van der Waals surface area contributed by atoms with Crippen molar-refractivity contribution in [1.29, 1.82) is 0 Å². The number of ketones is 2. The highest BCUT2D eigenvalue weighted by Crippen LogP contribution is 2.66. The van der Waals surface area contributed by atoms with Gasteiger partial charge in [-0.1, -0.05) is 59.7 Å². The van der Waals surface area contributed by atoms with Crippen molar-refractivity contribution in [2.24, 2.45) is 51.0 Å². The first-order valence-electron chi connectivity index (χ1n) is 15.4. The van der Waals surface area contributed by atoms with Gasteiger partial charge < -0.3 is 37.2 Å². The number of aliphatic hydroxyl groups excluding tert-OH is 2. The number of primary amides is 1. The van der Waals surface area contributed by atoms with Crippen molar-refractivity contribution in [3.63, 3.8) is 0 Å². The van der Waals surface area contributed by atoms with Crippen LogP contribution in [0.25, 0.3) is 0 Å². The summed E-state index contributed by atoms with van der Waals surface area (Å²) in [4.78, 5) is 45.3. The molecule has 2 unspecified atom stereocenters. The molecule has 2 saturated carbocycles. The first kappa shape index (κ1) is 32.6. The van der Waals surface area contributed by atoms with Crippen LogP contribution in [-0.2, 0) is 16.0 Å². The molecule has 2 aromatic carbocycles. The van der Waals surface area contributed by atoms with Gasteiger partial charge in [-0.15, -0.1) is 0 Å². The van der Waals surface area contributed by atoms with Gasteiger partial charge in [-0.25, -0.2) is 4.99 Å². The number of phenolic OH excluding ortho intramolecular Hbond substituents is 1. The maximum Gasteiger partial charge on any atom is 0.230 e. The predicted molar refractivity (Wildman–Crippen MR) is 169 cm³/mol. The van der Waals surface area contributed by atoms with Crippen LogP contribution in [0.2, 0.25) is 0 Å². The van der Waals surface area contributed by atoms with Crippen LogP contribution in [0, 0.1) is 34.5 Å². The van der Waals surface area contributed by atoms with Gasteiger partial charge in [-0.2, -0.15) is 0 Å². The van der Waals surface area contributed by atoms with Gasteiger partial charge >= 0.3 is 0 Å². The number of para-hydroxylation sites is 1. The molecule has 3 aliphatic carbocycles. The third-order valence-electron chi connectivity index (χ3n) is 10.7. The maximum atomic E-state index is 14.5. The van der Waals surface area contributed by atoms with Gasteiger partial charge in [-0.05, 0) is 65.3 Å². The minimum absolute atomic E-state index is 0.0226. The topological polar surface area (TPSA) is 209 Å². The Bertz CT molecular complexity index is 1590. The highest BCUT2D eigenvalue weighted by atomic mass is 16.4. The summed E-state index contributed by atoms with van der Waals surface area (Å²) < 4.78 is 0. The molecule has 9 N–H and O–H groups in total. The number of carbonyl (C=O) groups excluding carboxylic acids is 3. The largest absolute Gasteiger partial charge is 0.505 e. The molecule has 0 aromatic heterocycles. The van der Waals surface area contributed by atoms with Gasteiger partial charge in [0.15, 0.2) is 28.9 Å². The number of carbonyl (C=O) groups is 3. The van der Waals surface area contributed by atoms with Crippen molar-refractivity contribution in [2.75, 3.05) is 5.32 Å². The number of hydrogen-bond acceptors (Lipinski definition) is 8. The number of fused-ring (bicyclic) bond motifs is 3. The normalized spacial score (nSPS) is 34.7. The fraction of sp³-hybridized carbons (Fsp3) is 0.529. The second kappa shape index (κ2) is 10.9. The summed E-state index contributed by atoms with van der Waals surface area (Å²) in [6.07, 6.45) is -3.13. The molecular formula is C34H44N4O7. The van der Waals surface area contributed by atoms with Gasteiger partial charge in [-0.3, -0.25) is 14.4 Å². The highest BCUT2D eigenvalue weighted by molar-refractivity contribution is 6.10. The van der Waals surface area contributed by atoms with Crippen LogP contribution in [0.3, 0.4) is 0 Å². The second-order valence-corrected chi connectivity index (χ2v) is 14.3. The number of aromatic hydroxyl groups is 1. The number of Topliss-reactive ketones (excluding diaryl/α,β-unsaturated/α-hetero) is 2. The lowest BCUT2D eigenvalue weighted by Gasteiger charge is -2.66. The Morgan fingerprint density at radius 2 is 1.69 bits per heavy atom. The maximum absolute atomic E-state index is 14.5. The molecular weight excluding hydrogens is 576 g/mol. The first-order valence-corrected chi connectivity index (χ1v) is 15.4. The van der Waals surface area contributed by atoms with Gasteiger partial charge in [0.25, 0.3) is 0 Å². The van der Waals surface area contributed by atoms with Crippen molar-refractivity contribution in [2.45, 2.75) is 78.1 Å². The minimum Gasteiger partial charge on any atom is -0.505 e. The molecule has 5 rings (SSSR count). The van der Waals surface area contributed by atoms with E-state index in [9.17, 15) is 34.8 Å². The summed E-state index contributed by atoms with van der Waals surface area (Å²) in [5, 5.41) is 50.2. The van der Waals surface area contributed by atoms with E-state index in [0.717, 1.165) is 5.56 Å². The Morgan fingerprint density at radius 1 is 1.07 bits per heavy atom. The average molecular weight is 621 g/mol. The standard InChI is InChI=1S/C34H44N4O7/c1-15(2)18-12-20(38-31(36)37-17-10-8-7-9-11-17)25(39)21-19(18)13-32(5)14-33(6)23(16(3)4)27(41)22(30(35)44)28(42)34(33,45)29(43)24(32)26(21)40/h7-12,15-16,22-24,27,29,39,41,43,45H,13-14H2,1-6H3,(H2,35,44)(H3,36,37,38)/t22-,23+,24-,27?,29?,32-,33-,34+/m1/s1. The Morgan fingerprint density at radius 3 is 2.24 bits per heavy atom. The Labute approximate surface area is 262 Å². The average Bonchev–Trinajstić information content (AvgIpc) is 2.92. The number of nitrogens with one attached hydrogen (secondary N) is 1. The van der Waals surface area contributed by atoms with Crippen molar-refractivity contribution >= 4 is 34.8 Å². The number of nitrogens with two attached hydrogens (primary N) is 2. The van der Waals surface area contributed by atoms with Crippen LogP contribution in [0.5, 0.6) is 5.75 Å². The van der Waals surface area contributed by atoms with Crippen LogP contribution in [0.4, 0.5) is 11.4 Å². The zero-order chi connectivity index (χ0) is 33.4. The Kier molecular flexibility index (Phi) is 7.91. The first-order chi connectivity index (χ1) is 20.9. The van der Waals surface area contributed by atoms with Crippen molar-refractivity contribution in [3.8, 4) is 5.75 Å². The SMILES string of the molecule is CC(C)c1cc(N=C(N)Nc2ccccc2)c(O)c2c1C[C@]1(C)C[C@]3(C)[C@@H](C(C)C)C(O)[C@@H](C(N)=O)C(=O)[C@]3(O)C(O)[C@H]1C2=O. The van der Waals surface area contributed by atoms with Gasteiger partial charge in [0.2, 0.25) is 5.91 Å². The van der Waals surface area contributed by atoms with E-state index in [1.807, 2.05) is 52.8 Å². The molecule has 2 aromatic rings. The number of benzene rings is 2. The number of amides is 1. The van der Waals surface area contributed by atoms with E-state index in [1.165, 1.54) is 0 Å². The van der Waals surface area contributed by atoms with Gasteiger partial charge in [0.1, 0.15) is 17.7 Å². The quantitative estimate of drug-likeness (QED) is 0.149. The molecule has 45 heavy (non-hydrogen) atoms. The third kappa shape index (κ3) is 4.66. The predicted octanol–water partition coefficient (Wildman–Crippen LogP) is 2.75. The zero-order valence-electron chi connectivity index (χ0n) is 26.5. The summed E-state index contributed by atoms with van der Waals surface area (Å²) in [6.45, 7) is 11.0. The van der Waals surface area contributed by atoms with Gasteiger partial charge in [0.05, 0.1) is 17.6 Å². The molecule has 0 aliphatic heterocycles. The molecule has 0 saturated heterocycles. The molecule has 1 amide bonds. The Hall–Kier alpha value is -3.80. The van der Waals surface area contributed by atoms with E-state index in [2.05, 4.69) is 10.3 Å². The van der Waals surface area contributed by atoms with Crippen LogP contribution in [0.1, 0.15) is 75.4 Å². The lowest BCUT2D eigenvalue weighted by Crippen LogP contribution is -2.79. The lowest BCUT2D eigenvalue weighted by molar-refractivity contribution is -0.265. The molecule has 0 bridgehead atoms. The van der Waals surface area contributed by atoms with E-state index < -0.39 is 69.6 Å². The van der Waals surface area contributed by atoms with Crippen LogP contribution in [-0.4, -0.2) is 61.7 Å². The number of phenols is 1. The van der Waals surface area contributed by atoms with Crippen LogP contribution in [0.15, 0.2) is 41.4 Å². The number of rotatable bonds is 5. The van der Waals surface area contributed by atoms with Crippen molar-refractivity contribution in [3.05, 3.63) is 53.1 Å². The molecule has 0 radical (unpaired) electrons. The lowest BCUT2D eigenvalue weighted by atomic mass is 9.39. The second-order valence-electron chi connectivity index (χ2n) is 14.3. The van der Waals surface area contributed by atoms with Gasteiger partial charge in [0, 0.05) is 11.1 Å². The summed E-state index contributed by atoms with van der Waals surface area (Å²) in [5.41, 5.74) is 8.77. The Balaban J connectivity index is 1.68. The molecule has 3 aliphatic rings. The fourth-order valence-electron chi connectivity index (χ4n) is 9.04. The molecule has 11 heteroatoms. The number of aliphatic hydroxyl groups is 3. The minimum atomic E-state index is -2.57. The van der Waals surface area contributed by atoms with E-state index in [-0.39, 0.29) is 41.9 Å². The number of nitrogens with zero attached hydrogens (tertiary/aromatic N) is 1. The van der Waals surface area contributed by atoms with Crippen LogP contribution >= 0.6 is 0 Å². The molecule has 0 heterocycles. The van der Waals surface area contributed by atoms with E-state index >= 15 is 0 Å². The fourth-order valence-corrected chi connectivity index (χ4v) is 9.04. The zero-order valence-corrected chi connectivity index (χ0v) is 26.5. The van der Waals surface area contributed by atoms with Crippen LogP contribution < -0.4 is 16.8 Å². The highest BCUT2D eigenvalue weighted by Gasteiger charge is 2.76. The monoisotopic (exact) mass is 620 g/mol. The summed E-state index contributed by atoms with van der Waals surface area (Å²) in [7, 11) is 0. The number of hydrogen-bond donors (Lipinski definition) is 7. The van der Waals surface area contributed by atoms with Crippen molar-refractivity contribution in [1.82, 2.24) is 0 Å². The van der Waals surface area contributed by atoms with E-state index in [0.29, 0.717) is 11.3 Å². The van der Waals surface area contributed by atoms with Crippen molar-refractivity contribution < 1.29 is 34.8 Å². The molecule has 8 atom stereocenters. The van der Waals surface area contributed by atoms with E-state index in [1.54, 1.807) is 25.1 Å². The smallest absolute Gasteiger partial charge is 0.230 e. The molecule has 0 spiro atoms. The number of anilines is 1. The third-order valence-corrected chi connectivity index (χ3v) is 10.7. The number of guanidine groups is 1. The number of aliphatic imine (C=N–C) groups is 1. The summed E-state index contributed by atoms with van der Waals surface area (Å²) in [5.74, 6) is -7.62. The summed E-state index contributed by atoms with van der Waals surface area (Å²) >= 11 is 0. The summed E-state index contributed by atoms with van der Waals surface area (Å²) in [6, 6.07) is 10.8.